The molecule has 0 radical (unpaired) electrons. The molecular weight excluding hydrogens is 200 g/mol. The highest BCUT2D eigenvalue weighted by Crippen LogP contribution is 2.17. The fourth-order valence-corrected chi connectivity index (χ4v) is 1.17. The van der Waals surface area contributed by atoms with E-state index in [1.165, 1.54) is 0 Å². The van der Waals surface area contributed by atoms with Gasteiger partial charge in [0.05, 0.1) is 11.9 Å². The van der Waals surface area contributed by atoms with Gasteiger partial charge in [0.25, 0.3) is 0 Å². The Morgan fingerprint density at radius 1 is 1.42 bits per heavy atom. The molecule has 0 aliphatic rings. The van der Waals surface area contributed by atoms with Crippen LogP contribution < -0.4 is 4.18 Å². The van der Waals surface area contributed by atoms with Gasteiger partial charge in [0.2, 0.25) is 0 Å². The fraction of sp³-hybridized carbons (Fsp3) is 0.143. The third-order valence-electron chi connectivity index (χ3n) is 1.30. The van der Waals surface area contributed by atoms with Crippen LogP contribution in [0.4, 0.5) is 0 Å². The van der Waals surface area contributed by atoms with E-state index in [-0.39, 0.29) is 0 Å². The number of para-hydroxylation sites is 1. The van der Waals surface area contributed by atoms with Crippen molar-refractivity contribution in [2.24, 2.45) is 0 Å². The Balaban J connectivity index is 2.75. The third kappa shape index (κ3) is 2.48. The zero-order chi connectivity index (χ0) is 8.97. The maximum Gasteiger partial charge on any atom is 0.377 e. The monoisotopic (exact) mass is 206 g/mol. The van der Waals surface area contributed by atoms with Gasteiger partial charge in [-0.3, -0.25) is 0 Å². The largest absolute Gasteiger partial charge is 0.379 e. The normalized spacial score (nSPS) is 12.5. The second kappa shape index (κ2) is 4.45. The molecule has 12 heavy (non-hydrogen) atoms. The molecule has 66 valence electrons. The third-order valence-corrected chi connectivity index (χ3v) is 2.03. The second-order valence-electron chi connectivity index (χ2n) is 2.12. The van der Waals surface area contributed by atoms with Gasteiger partial charge in [-0.25, -0.2) is 0 Å². The molecule has 5 heteroatoms. The van der Waals surface area contributed by atoms with Crippen LogP contribution in [-0.2, 0) is 15.1 Å². The zero-order valence-corrected chi connectivity index (χ0v) is 7.89. The van der Waals surface area contributed by atoms with Crippen molar-refractivity contribution in [2.45, 2.75) is 6.92 Å². The summed E-state index contributed by atoms with van der Waals surface area (Å²) < 4.78 is 19.4. The summed E-state index contributed by atoms with van der Waals surface area (Å²) >= 11 is 2.91. The zero-order valence-electron chi connectivity index (χ0n) is 6.32. The van der Waals surface area contributed by atoms with Gasteiger partial charge in [0, 0.05) is 0 Å². The Labute approximate surface area is 78.3 Å². The lowest BCUT2D eigenvalue weighted by Crippen LogP contribution is -1.99. The molecule has 0 aromatic heterocycles. The molecule has 0 N–H and O–H groups in total. The topological polar surface area (TPSA) is 35.5 Å². The van der Waals surface area contributed by atoms with E-state index in [1.807, 2.05) is 19.1 Å². The molecule has 0 bridgehead atoms. The first-order valence-corrected chi connectivity index (χ1v) is 4.49. The maximum atomic E-state index is 10.7. The maximum absolute atomic E-state index is 10.7. The predicted octanol–water partition coefficient (Wildman–Crippen LogP) is 2.12. The standard InChI is InChI=1S/C7H7ClO3S/c1-6-4-2-3-5-7(6)10-12(9)11-8/h2-5H,1H3. The minimum Gasteiger partial charge on any atom is -0.379 e. The average molecular weight is 207 g/mol. The minimum absolute atomic E-state index is 0.497. The molecule has 1 aromatic carbocycles. The molecule has 1 unspecified atom stereocenters. The predicted molar refractivity (Wildman–Crippen MR) is 46.9 cm³/mol. The highest BCUT2D eigenvalue weighted by atomic mass is 35.5. The number of hydrogen-bond donors (Lipinski definition) is 0. The molecule has 0 fully saturated rings. The van der Waals surface area contributed by atoms with Gasteiger partial charge in [0.1, 0.15) is 5.75 Å². The molecule has 0 heterocycles. The first-order valence-electron chi connectivity index (χ1n) is 3.19. The number of hydrogen-bond acceptors (Lipinski definition) is 3. The summed E-state index contributed by atoms with van der Waals surface area (Å²) in [6.45, 7) is 1.83. The number of aryl methyl sites for hydroxylation is 1. The van der Waals surface area contributed by atoms with Crippen LogP contribution in [0.1, 0.15) is 5.56 Å². The van der Waals surface area contributed by atoms with Gasteiger partial charge in [-0.05, 0) is 18.6 Å². The summed E-state index contributed by atoms with van der Waals surface area (Å²) in [6, 6.07) is 7.14. The molecule has 1 atom stereocenters. The lowest BCUT2D eigenvalue weighted by molar-refractivity contribution is 0.479. The van der Waals surface area contributed by atoms with Gasteiger partial charge < -0.3 is 4.18 Å². The Morgan fingerprint density at radius 2 is 2.08 bits per heavy atom. The molecule has 1 rings (SSSR count). The van der Waals surface area contributed by atoms with Crippen molar-refractivity contribution in [3.05, 3.63) is 29.8 Å². The van der Waals surface area contributed by atoms with E-state index >= 15 is 0 Å². The average Bonchev–Trinajstić information content (AvgIpc) is 2.09. The molecule has 0 aliphatic heterocycles. The van der Waals surface area contributed by atoms with E-state index in [9.17, 15) is 4.21 Å². The number of rotatable bonds is 3. The molecular formula is C7H7ClO3S. The van der Waals surface area contributed by atoms with Crippen LogP contribution in [0.5, 0.6) is 5.75 Å². The van der Waals surface area contributed by atoms with Crippen LogP contribution >= 0.6 is 11.9 Å². The smallest absolute Gasteiger partial charge is 0.377 e. The summed E-state index contributed by atoms with van der Waals surface area (Å²) in [5.41, 5.74) is 0.875. The number of halogens is 1. The van der Waals surface area contributed by atoms with E-state index in [4.69, 9.17) is 16.0 Å². The van der Waals surface area contributed by atoms with Gasteiger partial charge in [-0.2, -0.15) is 4.21 Å². The van der Waals surface area contributed by atoms with Gasteiger partial charge in [0.15, 0.2) is 0 Å². The highest BCUT2D eigenvalue weighted by molar-refractivity contribution is 7.76. The van der Waals surface area contributed by atoms with Gasteiger partial charge in [-0.1, -0.05) is 18.2 Å². The van der Waals surface area contributed by atoms with Crippen LogP contribution in [0, 0.1) is 6.92 Å². The van der Waals surface area contributed by atoms with E-state index < -0.39 is 11.4 Å². The first kappa shape index (κ1) is 9.51. The molecule has 0 aliphatic carbocycles. The molecule has 0 saturated carbocycles. The molecule has 0 amide bonds. The van der Waals surface area contributed by atoms with Gasteiger partial charge in [-0.15, -0.1) is 3.74 Å². The van der Waals surface area contributed by atoms with Crippen molar-refractivity contribution >= 4 is 23.2 Å². The SMILES string of the molecule is Cc1ccccc1OS(=O)OCl. The quantitative estimate of drug-likeness (QED) is 0.760. The molecule has 0 saturated heterocycles. The summed E-state index contributed by atoms with van der Waals surface area (Å²) in [4.78, 5) is 0. The summed E-state index contributed by atoms with van der Waals surface area (Å²) in [6.07, 6.45) is 0. The van der Waals surface area contributed by atoms with Crippen LogP contribution in [0.25, 0.3) is 0 Å². The van der Waals surface area contributed by atoms with Crippen molar-refractivity contribution in [1.82, 2.24) is 0 Å². The number of benzene rings is 1. The Hall–Kier alpha value is -0.580. The first-order chi connectivity index (χ1) is 5.74. The molecule has 0 spiro atoms. The van der Waals surface area contributed by atoms with Crippen LogP contribution in [-0.4, -0.2) is 4.21 Å². The fourth-order valence-electron chi connectivity index (χ4n) is 0.736. The van der Waals surface area contributed by atoms with Crippen molar-refractivity contribution < 1.29 is 12.1 Å². The van der Waals surface area contributed by atoms with Crippen molar-refractivity contribution in [1.29, 1.82) is 0 Å². The minimum atomic E-state index is -1.92. The lowest BCUT2D eigenvalue weighted by atomic mass is 10.2. The van der Waals surface area contributed by atoms with Crippen LogP contribution in [0.15, 0.2) is 24.3 Å². The van der Waals surface area contributed by atoms with E-state index in [0.717, 1.165) is 5.56 Å². The Kier molecular flexibility index (Phi) is 3.52. The van der Waals surface area contributed by atoms with E-state index in [1.54, 1.807) is 12.1 Å². The van der Waals surface area contributed by atoms with Crippen LogP contribution in [0.2, 0.25) is 0 Å². The summed E-state index contributed by atoms with van der Waals surface area (Å²) in [7, 11) is 0. The molecule has 1 aromatic rings. The highest BCUT2D eigenvalue weighted by Gasteiger charge is 2.03. The molecule has 3 nitrogen and oxygen atoms in total. The van der Waals surface area contributed by atoms with Crippen molar-refractivity contribution in [2.75, 3.05) is 0 Å². The van der Waals surface area contributed by atoms with Crippen molar-refractivity contribution in [3.63, 3.8) is 0 Å². The summed E-state index contributed by atoms with van der Waals surface area (Å²) in [5, 5.41) is 0. The van der Waals surface area contributed by atoms with Crippen LogP contribution in [0.3, 0.4) is 0 Å². The van der Waals surface area contributed by atoms with E-state index in [2.05, 4.69) is 3.74 Å². The van der Waals surface area contributed by atoms with E-state index in [0.29, 0.717) is 5.75 Å². The Morgan fingerprint density at radius 3 is 2.67 bits per heavy atom. The summed E-state index contributed by atoms with van der Waals surface area (Å²) in [5.74, 6) is 0.497. The Bertz CT molecular complexity index is 290. The second-order valence-corrected chi connectivity index (χ2v) is 3.19. The lowest BCUT2D eigenvalue weighted by Gasteiger charge is -2.02. The van der Waals surface area contributed by atoms with Gasteiger partial charge >= 0.3 is 11.4 Å². The van der Waals surface area contributed by atoms with Crippen molar-refractivity contribution in [3.8, 4) is 5.75 Å².